The van der Waals surface area contributed by atoms with Crippen LogP contribution in [-0.4, -0.2) is 12.7 Å². The van der Waals surface area contributed by atoms with Gasteiger partial charge in [-0.1, -0.05) is 17.7 Å². The number of anilines is 2. The molecular formula is C14H10ClFN2O3. The van der Waals surface area contributed by atoms with Gasteiger partial charge in [-0.3, -0.25) is 4.79 Å². The zero-order valence-electron chi connectivity index (χ0n) is 10.7. The van der Waals surface area contributed by atoms with Gasteiger partial charge in [-0.15, -0.1) is 0 Å². The SMILES string of the molecule is Nc1cc2c(cc1NC(=O)c1cccc(Cl)c1F)OCO2. The Bertz CT molecular complexity index is 736. The zero-order chi connectivity index (χ0) is 15.0. The minimum absolute atomic E-state index is 0.0924. The van der Waals surface area contributed by atoms with E-state index in [0.717, 1.165) is 0 Å². The Morgan fingerprint density at radius 2 is 2.00 bits per heavy atom. The molecule has 0 saturated heterocycles. The van der Waals surface area contributed by atoms with Gasteiger partial charge in [-0.2, -0.15) is 0 Å². The Morgan fingerprint density at radius 1 is 1.29 bits per heavy atom. The molecule has 0 bridgehead atoms. The van der Waals surface area contributed by atoms with Crippen molar-refractivity contribution in [2.24, 2.45) is 0 Å². The highest BCUT2D eigenvalue weighted by molar-refractivity contribution is 6.31. The summed E-state index contributed by atoms with van der Waals surface area (Å²) in [6, 6.07) is 7.25. The average molecular weight is 309 g/mol. The first kappa shape index (κ1) is 13.5. The molecule has 2 aromatic rings. The van der Waals surface area contributed by atoms with Crippen molar-refractivity contribution in [2.45, 2.75) is 0 Å². The first-order chi connectivity index (χ1) is 10.1. The predicted octanol–water partition coefficient (Wildman–Crippen LogP) is 3.04. The van der Waals surface area contributed by atoms with E-state index in [1.807, 2.05) is 0 Å². The second-order valence-corrected chi connectivity index (χ2v) is 4.76. The smallest absolute Gasteiger partial charge is 0.258 e. The number of halogens is 2. The summed E-state index contributed by atoms with van der Waals surface area (Å²) in [5.74, 6) is -0.470. The van der Waals surface area contributed by atoms with Gasteiger partial charge in [0.05, 0.1) is 22.0 Å². The quantitative estimate of drug-likeness (QED) is 0.836. The van der Waals surface area contributed by atoms with Crippen LogP contribution in [-0.2, 0) is 0 Å². The molecule has 0 fully saturated rings. The number of nitrogens with one attached hydrogen (secondary N) is 1. The van der Waals surface area contributed by atoms with Crippen LogP contribution < -0.4 is 20.5 Å². The number of amides is 1. The monoisotopic (exact) mass is 308 g/mol. The van der Waals surface area contributed by atoms with Crippen molar-refractivity contribution < 1.29 is 18.7 Å². The third-order valence-electron chi connectivity index (χ3n) is 2.99. The molecule has 0 aliphatic carbocycles. The summed E-state index contributed by atoms with van der Waals surface area (Å²) in [6.07, 6.45) is 0. The van der Waals surface area contributed by atoms with Crippen molar-refractivity contribution in [2.75, 3.05) is 17.8 Å². The molecule has 1 aliphatic heterocycles. The molecule has 1 amide bonds. The molecule has 0 radical (unpaired) electrons. The zero-order valence-corrected chi connectivity index (χ0v) is 11.4. The van der Waals surface area contributed by atoms with Gasteiger partial charge in [0.2, 0.25) is 6.79 Å². The number of fused-ring (bicyclic) bond motifs is 1. The van der Waals surface area contributed by atoms with Crippen molar-refractivity contribution >= 4 is 28.9 Å². The largest absolute Gasteiger partial charge is 0.454 e. The van der Waals surface area contributed by atoms with E-state index in [1.165, 1.54) is 30.3 Å². The fourth-order valence-corrected chi connectivity index (χ4v) is 2.11. The van der Waals surface area contributed by atoms with Crippen molar-refractivity contribution in [3.05, 3.63) is 46.7 Å². The van der Waals surface area contributed by atoms with Crippen LogP contribution in [0.2, 0.25) is 5.02 Å². The molecule has 2 aromatic carbocycles. The number of ether oxygens (including phenoxy) is 2. The third kappa shape index (κ3) is 2.45. The molecule has 108 valence electrons. The number of hydrogen-bond donors (Lipinski definition) is 2. The highest BCUT2D eigenvalue weighted by atomic mass is 35.5. The first-order valence-electron chi connectivity index (χ1n) is 6.01. The van der Waals surface area contributed by atoms with Crippen LogP contribution in [0.4, 0.5) is 15.8 Å². The molecule has 0 unspecified atom stereocenters. The minimum Gasteiger partial charge on any atom is -0.454 e. The van der Waals surface area contributed by atoms with Crippen LogP contribution in [0.1, 0.15) is 10.4 Å². The van der Waals surface area contributed by atoms with E-state index in [1.54, 1.807) is 0 Å². The average Bonchev–Trinajstić information content (AvgIpc) is 2.89. The Kier molecular flexibility index (Phi) is 3.31. The van der Waals surface area contributed by atoms with Crippen LogP contribution in [0.5, 0.6) is 11.5 Å². The number of nitrogens with two attached hydrogens (primary N) is 1. The van der Waals surface area contributed by atoms with Crippen LogP contribution in [0.3, 0.4) is 0 Å². The molecule has 5 nitrogen and oxygen atoms in total. The van der Waals surface area contributed by atoms with Gasteiger partial charge in [0.25, 0.3) is 5.91 Å². The van der Waals surface area contributed by atoms with Gasteiger partial charge >= 0.3 is 0 Å². The lowest BCUT2D eigenvalue weighted by molar-refractivity contribution is 0.102. The normalized spacial score (nSPS) is 12.3. The standard InChI is InChI=1S/C14H10ClFN2O3/c15-8-3-1-2-7(13(8)16)14(19)18-10-5-12-11(4-9(10)17)20-6-21-12/h1-5H,6,17H2,(H,18,19). The minimum atomic E-state index is -0.781. The van der Waals surface area contributed by atoms with Gasteiger partial charge < -0.3 is 20.5 Å². The molecule has 0 saturated carbocycles. The van der Waals surface area contributed by atoms with Gasteiger partial charge in [-0.25, -0.2) is 4.39 Å². The second kappa shape index (κ2) is 5.14. The Hall–Kier alpha value is -2.47. The van der Waals surface area contributed by atoms with Crippen molar-refractivity contribution in [1.82, 2.24) is 0 Å². The lowest BCUT2D eigenvalue weighted by atomic mass is 10.2. The van der Waals surface area contributed by atoms with Crippen LogP contribution in [0, 0.1) is 5.82 Å². The second-order valence-electron chi connectivity index (χ2n) is 4.35. The highest BCUT2D eigenvalue weighted by Gasteiger charge is 2.19. The number of carbonyl (C=O) groups is 1. The number of rotatable bonds is 2. The maximum absolute atomic E-state index is 13.8. The molecule has 1 aliphatic rings. The molecular weight excluding hydrogens is 299 g/mol. The maximum atomic E-state index is 13.8. The van der Waals surface area contributed by atoms with E-state index < -0.39 is 11.7 Å². The van der Waals surface area contributed by atoms with E-state index in [2.05, 4.69) is 5.32 Å². The lowest BCUT2D eigenvalue weighted by Gasteiger charge is -2.10. The fraction of sp³-hybridized carbons (Fsp3) is 0.0714. The Balaban J connectivity index is 1.90. The summed E-state index contributed by atoms with van der Waals surface area (Å²) in [7, 11) is 0. The number of hydrogen-bond acceptors (Lipinski definition) is 4. The number of benzene rings is 2. The summed E-state index contributed by atoms with van der Waals surface area (Å²) in [5, 5.41) is 2.40. The topological polar surface area (TPSA) is 73.6 Å². The molecule has 0 atom stereocenters. The van der Waals surface area contributed by atoms with E-state index in [9.17, 15) is 9.18 Å². The molecule has 0 aromatic heterocycles. The summed E-state index contributed by atoms with van der Waals surface area (Å²) in [4.78, 5) is 12.1. The number of nitrogen functional groups attached to an aromatic ring is 1. The summed E-state index contributed by atoms with van der Waals surface area (Å²) >= 11 is 5.65. The van der Waals surface area contributed by atoms with Crippen LogP contribution in [0.25, 0.3) is 0 Å². The predicted molar refractivity (Wildman–Crippen MR) is 76.3 cm³/mol. The molecule has 21 heavy (non-hydrogen) atoms. The highest BCUT2D eigenvalue weighted by Crippen LogP contribution is 2.38. The molecule has 0 spiro atoms. The lowest BCUT2D eigenvalue weighted by Crippen LogP contribution is -2.15. The fourth-order valence-electron chi connectivity index (χ4n) is 1.93. The van der Waals surface area contributed by atoms with Crippen molar-refractivity contribution in [3.63, 3.8) is 0 Å². The van der Waals surface area contributed by atoms with E-state index in [4.69, 9.17) is 26.8 Å². The van der Waals surface area contributed by atoms with E-state index in [0.29, 0.717) is 17.2 Å². The number of carbonyl (C=O) groups excluding carboxylic acids is 1. The maximum Gasteiger partial charge on any atom is 0.258 e. The summed E-state index contributed by atoms with van der Waals surface area (Å²) < 4.78 is 24.2. The third-order valence-corrected chi connectivity index (χ3v) is 3.28. The molecule has 7 heteroatoms. The van der Waals surface area contributed by atoms with E-state index in [-0.39, 0.29) is 23.1 Å². The van der Waals surface area contributed by atoms with Crippen LogP contribution in [0.15, 0.2) is 30.3 Å². The first-order valence-corrected chi connectivity index (χ1v) is 6.38. The summed E-state index contributed by atoms with van der Waals surface area (Å²) in [5.41, 5.74) is 6.25. The van der Waals surface area contributed by atoms with Gasteiger partial charge in [-0.05, 0) is 12.1 Å². The van der Waals surface area contributed by atoms with E-state index >= 15 is 0 Å². The molecule has 1 heterocycles. The van der Waals surface area contributed by atoms with Gasteiger partial charge in [0, 0.05) is 12.1 Å². The summed E-state index contributed by atoms with van der Waals surface area (Å²) in [6.45, 7) is 0.0924. The van der Waals surface area contributed by atoms with Crippen molar-refractivity contribution in [3.8, 4) is 11.5 Å². The van der Waals surface area contributed by atoms with Gasteiger partial charge in [0.1, 0.15) is 0 Å². The van der Waals surface area contributed by atoms with Crippen molar-refractivity contribution in [1.29, 1.82) is 0 Å². The molecule has 3 N–H and O–H groups in total. The van der Waals surface area contributed by atoms with Gasteiger partial charge in [0.15, 0.2) is 17.3 Å². The Morgan fingerprint density at radius 3 is 2.76 bits per heavy atom. The molecule has 3 rings (SSSR count). The Labute approximate surface area is 124 Å². The van der Waals surface area contributed by atoms with Crippen LogP contribution >= 0.6 is 11.6 Å².